The van der Waals surface area contributed by atoms with Crippen LogP contribution in [0.1, 0.15) is 35.0 Å². The second-order valence-electron chi connectivity index (χ2n) is 8.31. The van der Waals surface area contributed by atoms with E-state index in [-0.39, 0.29) is 46.4 Å². The Morgan fingerprint density at radius 2 is 1.94 bits per heavy atom. The first kappa shape index (κ1) is 27.3. The number of hydrogen-bond donors (Lipinski definition) is 5. The van der Waals surface area contributed by atoms with Gasteiger partial charge in [0.1, 0.15) is 11.8 Å². The Bertz CT molecular complexity index is 1130. The van der Waals surface area contributed by atoms with Crippen LogP contribution >= 0.6 is 23.2 Å². The monoisotopic (exact) mass is 536 g/mol. The van der Waals surface area contributed by atoms with Crippen molar-refractivity contribution in [2.45, 2.75) is 32.0 Å². The summed E-state index contributed by atoms with van der Waals surface area (Å²) in [4.78, 5) is 48.8. The highest BCUT2D eigenvalue weighted by molar-refractivity contribution is 6.39. The molecule has 1 aliphatic heterocycles. The summed E-state index contributed by atoms with van der Waals surface area (Å²) < 4.78 is 5.11. The number of carboxylic acid groups (broad SMARTS) is 1. The van der Waals surface area contributed by atoms with E-state index < -0.39 is 24.0 Å². The normalized spacial score (nSPS) is 18.1. The molecule has 12 heteroatoms. The summed E-state index contributed by atoms with van der Waals surface area (Å²) in [6, 6.07) is 4.48. The number of carbonyl (C=O) groups excluding carboxylic acids is 3. The zero-order valence-electron chi connectivity index (χ0n) is 19.3. The van der Waals surface area contributed by atoms with Crippen LogP contribution in [0.15, 0.2) is 41.0 Å². The number of furan rings is 1. The second kappa shape index (κ2) is 12.6. The first-order valence-electron chi connectivity index (χ1n) is 11.2. The summed E-state index contributed by atoms with van der Waals surface area (Å²) in [5.74, 6) is -2.20. The van der Waals surface area contributed by atoms with E-state index in [1.165, 1.54) is 30.5 Å². The smallest absolute Gasteiger partial charge is 0.328 e. The maximum atomic E-state index is 12.8. The molecule has 3 unspecified atom stereocenters. The van der Waals surface area contributed by atoms with Gasteiger partial charge in [-0.1, -0.05) is 30.1 Å². The van der Waals surface area contributed by atoms with Crippen LogP contribution in [0.5, 0.6) is 0 Å². The molecule has 3 atom stereocenters. The van der Waals surface area contributed by atoms with E-state index >= 15 is 0 Å². The van der Waals surface area contributed by atoms with E-state index in [4.69, 9.17) is 27.6 Å². The number of carbonyl (C=O) groups is 4. The van der Waals surface area contributed by atoms with E-state index in [1.54, 1.807) is 12.1 Å². The third-order valence-corrected chi connectivity index (χ3v) is 6.23. The predicted octanol–water partition coefficient (Wildman–Crippen LogP) is 2.21. The lowest BCUT2D eigenvalue weighted by Gasteiger charge is -2.19. The molecule has 10 nitrogen and oxygen atoms in total. The zero-order valence-corrected chi connectivity index (χ0v) is 20.9. The van der Waals surface area contributed by atoms with Crippen LogP contribution in [0.4, 0.5) is 0 Å². The first-order valence-corrected chi connectivity index (χ1v) is 11.9. The maximum absolute atomic E-state index is 12.8. The van der Waals surface area contributed by atoms with E-state index in [0.717, 1.165) is 6.42 Å². The van der Waals surface area contributed by atoms with Gasteiger partial charge in [0.25, 0.3) is 5.91 Å². The van der Waals surface area contributed by atoms with Crippen molar-refractivity contribution >= 4 is 53.0 Å². The third kappa shape index (κ3) is 7.33. The van der Waals surface area contributed by atoms with Gasteiger partial charge in [0.15, 0.2) is 0 Å². The van der Waals surface area contributed by atoms with Gasteiger partial charge in [-0.05, 0) is 54.8 Å². The number of aliphatic carboxylic acids is 1. The van der Waals surface area contributed by atoms with Gasteiger partial charge in [0.2, 0.25) is 11.8 Å². The van der Waals surface area contributed by atoms with Crippen molar-refractivity contribution in [1.29, 1.82) is 0 Å². The summed E-state index contributed by atoms with van der Waals surface area (Å²) >= 11 is 12.5. The van der Waals surface area contributed by atoms with Crippen molar-refractivity contribution in [1.82, 2.24) is 21.3 Å². The molecule has 2 aromatic rings. The van der Waals surface area contributed by atoms with Gasteiger partial charge in [-0.2, -0.15) is 0 Å². The van der Waals surface area contributed by atoms with Gasteiger partial charge in [0.05, 0.1) is 27.9 Å². The average Bonchev–Trinajstić information content (AvgIpc) is 3.50. The van der Waals surface area contributed by atoms with Crippen molar-refractivity contribution in [3.05, 3.63) is 63.5 Å². The molecule has 0 spiro atoms. The molecular formula is C24H26Cl2N4O6. The Kier molecular flexibility index (Phi) is 9.51. The summed E-state index contributed by atoms with van der Waals surface area (Å²) in [5.41, 5.74) is 0.413. The Balaban J connectivity index is 1.58. The van der Waals surface area contributed by atoms with Crippen LogP contribution in [-0.4, -0.2) is 54.0 Å². The zero-order chi connectivity index (χ0) is 26.2. The predicted molar refractivity (Wildman–Crippen MR) is 134 cm³/mol. The number of carboxylic acids is 1. The van der Waals surface area contributed by atoms with E-state index in [9.17, 15) is 24.3 Å². The Morgan fingerprint density at radius 1 is 1.22 bits per heavy atom. The largest absolute Gasteiger partial charge is 0.480 e. The molecule has 3 amide bonds. The van der Waals surface area contributed by atoms with Gasteiger partial charge in [-0.3, -0.25) is 14.4 Å². The van der Waals surface area contributed by atoms with Gasteiger partial charge in [0, 0.05) is 19.2 Å². The second-order valence-corrected chi connectivity index (χ2v) is 9.12. The van der Waals surface area contributed by atoms with Crippen LogP contribution in [0, 0.1) is 5.92 Å². The number of benzene rings is 1. The lowest BCUT2D eigenvalue weighted by atomic mass is 10.0. The molecule has 1 aromatic carbocycles. The maximum Gasteiger partial charge on any atom is 0.328 e. The van der Waals surface area contributed by atoms with Crippen LogP contribution in [0.3, 0.4) is 0 Å². The fourth-order valence-electron chi connectivity index (χ4n) is 3.67. The van der Waals surface area contributed by atoms with Crippen LogP contribution in [0.2, 0.25) is 10.0 Å². The summed E-state index contributed by atoms with van der Waals surface area (Å²) in [5, 5.41) is 20.1. The number of halogens is 2. The number of hydrogen-bond acceptors (Lipinski definition) is 6. The highest BCUT2D eigenvalue weighted by Crippen LogP contribution is 2.27. The molecule has 1 aromatic heterocycles. The van der Waals surface area contributed by atoms with Gasteiger partial charge < -0.3 is 30.8 Å². The van der Waals surface area contributed by atoms with E-state index in [2.05, 4.69) is 21.3 Å². The molecule has 0 bridgehead atoms. The topological polar surface area (TPSA) is 150 Å². The Morgan fingerprint density at radius 3 is 2.53 bits per heavy atom. The number of amides is 3. The van der Waals surface area contributed by atoms with Crippen molar-refractivity contribution in [2.75, 3.05) is 13.1 Å². The van der Waals surface area contributed by atoms with Crippen molar-refractivity contribution < 1.29 is 28.7 Å². The Hall–Kier alpha value is -3.34. The summed E-state index contributed by atoms with van der Waals surface area (Å²) in [7, 11) is 0. The molecule has 36 heavy (non-hydrogen) atoms. The van der Waals surface area contributed by atoms with Gasteiger partial charge in [-0.25, -0.2) is 4.79 Å². The van der Waals surface area contributed by atoms with Crippen molar-refractivity contribution in [3.63, 3.8) is 0 Å². The molecule has 1 aliphatic rings. The van der Waals surface area contributed by atoms with Crippen LogP contribution in [-0.2, 0) is 20.9 Å². The molecule has 5 N–H and O–H groups in total. The quantitative estimate of drug-likeness (QED) is 0.292. The van der Waals surface area contributed by atoms with Crippen LogP contribution < -0.4 is 21.3 Å². The first-order chi connectivity index (χ1) is 17.2. The lowest BCUT2D eigenvalue weighted by Crippen LogP contribution is -2.52. The fourth-order valence-corrected chi connectivity index (χ4v) is 4.37. The van der Waals surface area contributed by atoms with Gasteiger partial charge in [-0.15, -0.1) is 0 Å². The molecule has 192 valence electrons. The SMILES string of the molecule is CC1CCNC1C(=O)NCC(NC(=O)c1c(Cl)cc(CNC(=O)/C=C/c2ccco2)cc1Cl)C(=O)O. The molecule has 0 radical (unpaired) electrons. The van der Waals surface area contributed by atoms with E-state index in [1.807, 2.05) is 6.92 Å². The van der Waals surface area contributed by atoms with E-state index in [0.29, 0.717) is 17.9 Å². The minimum atomic E-state index is -1.40. The molecule has 0 saturated carbocycles. The summed E-state index contributed by atoms with van der Waals surface area (Å²) in [6.45, 7) is 2.41. The minimum absolute atomic E-state index is 0.0208. The molecule has 3 rings (SSSR count). The highest BCUT2D eigenvalue weighted by Gasteiger charge is 2.31. The molecule has 0 aliphatic carbocycles. The average molecular weight is 537 g/mol. The molecule has 2 heterocycles. The van der Waals surface area contributed by atoms with Crippen molar-refractivity contribution in [3.8, 4) is 0 Å². The fraction of sp³-hybridized carbons (Fsp3) is 0.333. The van der Waals surface area contributed by atoms with Crippen molar-refractivity contribution in [2.24, 2.45) is 5.92 Å². The standard InChI is InChI=1S/C24H26Cl2N4O6/c1-13-6-7-27-21(13)23(33)29-12-18(24(34)35)30-22(32)20-16(25)9-14(10-17(20)26)11-28-19(31)5-4-15-3-2-8-36-15/h2-5,8-10,13,18,21,27H,6-7,11-12H2,1H3,(H,28,31)(H,29,33)(H,30,32)(H,34,35)/b5-4+. The number of nitrogens with one attached hydrogen (secondary N) is 4. The van der Waals surface area contributed by atoms with Gasteiger partial charge >= 0.3 is 5.97 Å². The highest BCUT2D eigenvalue weighted by atomic mass is 35.5. The molecule has 1 saturated heterocycles. The lowest BCUT2D eigenvalue weighted by molar-refractivity contribution is -0.139. The third-order valence-electron chi connectivity index (χ3n) is 5.64. The summed E-state index contributed by atoms with van der Waals surface area (Å²) in [6.07, 6.45) is 5.14. The minimum Gasteiger partial charge on any atom is -0.480 e. The molecular weight excluding hydrogens is 511 g/mol. The number of rotatable bonds is 10. The molecule has 1 fully saturated rings. The Labute approximate surface area is 217 Å². The van der Waals surface area contributed by atoms with Crippen LogP contribution in [0.25, 0.3) is 6.08 Å².